The SMILES string of the molecule is C=CCOC(=O)NC1CCN(C(=O)OC(C)(C)C)CC1O. The van der Waals surface area contributed by atoms with Gasteiger partial charge in [0.25, 0.3) is 0 Å². The summed E-state index contributed by atoms with van der Waals surface area (Å²) in [5, 5.41) is 12.6. The minimum absolute atomic E-state index is 0.110. The maximum absolute atomic E-state index is 11.9. The summed E-state index contributed by atoms with van der Waals surface area (Å²) in [6.45, 7) is 9.41. The highest BCUT2D eigenvalue weighted by molar-refractivity contribution is 5.69. The van der Waals surface area contributed by atoms with E-state index in [9.17, 15) is 14.7 Å². The molecular weight excluding hydrogens is 276 g/mol. The van der Waals surface area contributed by atoms with Crippen molar-refractivity contribution in [2.75, 3.05) is 19.7 Å². The molecule has 2 unspecified atom stereocenters. The van der Waals surface area contributed by atoms with Crippen LogP contribution in [0.2, 0.25) is 0 Å². The normalized spacial score (nSPS) is 22.4. The van der Waals surface area contributed by atoms with Gasteiger partial charge in [0, 0.05) is 6.54 Å². The number of ether oxygens (including phenoxy) is 2. The van der Waals surface area contributed by atoms with Crippen molar-refractivity contribution in [3.63, 3.8) is 0 Å². The summed E-state index contributed by atoms with van der Waals surface area (Å²) >= 11 is 0. The number of alkyl carbamates (subject to hydrolysis) is 1. The van der Waals surface area contributed by atoms with Gasteiger partial charge in [0.05, 0.1) is 18.7 Å². The number of amides is 2. The zero-order valence-electron chi connectivity index (χ0n) is 12.8. The molecule has 0 spiro atoms. The fraction of sp³-hybridized carbons (Fsp3) is 0.714. The van der Waals surface area contributed by atoms with Crippen LogP contribution in [0.3, 0.4) is 0 Å². The Labute approximate surface area is 124 Å². The van der Waals surface area contributed by atoms with E-state index in [-0.39, 0.29) is 13.2 Å². The highest BCUT2D eigenvalue weighted by Crippen LogP contribution is 2.16. The van der Waals surface area contributed by atoms with Crippen LogP contribution in [0.4, 0.5) is 9.59 Å². The number of aliphatic hydroxyl groups is 1. The average Bonchev–Trinajstić information content (AvgIpc) is 2.36. The molecular formula is C14H24N2O5. The number of β-amino-alcohol motifs (C(OH)–C–C–N with tert-alkyl or cyclic N) is 1. The Kier molecular flexibility index (Phi) is 6.02. The van der Waals surface area contributed by atoms with E-state index in [4.69, 9.17) is 9.47 Å². The van der Waals surface area contributed by atoms with Crippen molar-refractivity contribution in [1.29, 1.82) is 0 Å². The maximum atomic E-state index is 11.9. The number of carbonyl (C=O) groups excluding carboxylic acids is 2. The van der Waals surface area contributed by atoms with Crippen LogP contribution < -0.4 is 5.32 Å². The van der Waals surface area contributed by atoms with Gasteiger partial charge in [-0.2, -0.15) is 0 Å². The first-order valence-electron chi connectivity index (χ1n) is 6.93. The molecule has 7 nitrogen and oxygen atoms in total. The van der Waals surface area contributed by atoms with Crippen LogP contribution in [0.25, 0.3) is 0 Å². The molecule has 0 saturated carbocycles. The van der Waals surface area contributed by atoms with Crippen molar-refractivity contribution in [3.05, 3.63) is 12.7 Å². The number of hydrogen-bond acceptors (Lipinski definition) is 5. The topological polar surface area (TPSA) is 88.1 Å². The molecule has 7 heteroatoms. The molecule has 2 atom stereocenters. The van der Waals surface area contributed by atoms with E-state index in [0.29, 0.717) is 13.0 Å². The molecule has 2 amide bonds. The van der Waals surface area contributed by atoms with Gasteiger partial charge in [-0.1, -0.05) is 12.7 Å². The second-order valence-corrected chi connectivity index (χ2v) is 5.92. The summed E-state index contributed by atoms with van der Waals surface area (Å²) in [4.78, 5) is 24.8. The standard InChI is InChI=1S/C14H24N2O5/c1-5-8-20-12(18)15-10-6-7-16(9-11(10)17)13(19)21-14(2,3)4/h5,10-11,17H,1,6-9H2,2-4H3,(H,15,18). The Morgan fingerprint density at radius 2 is 2.14 bits per heavy atom. The van der Waals surface area contributed by atoms with Crippen LogP contribution in [0, 0.1) is 0 Å². The van der Waals surface area contributed by atoms with Gasteiger partial charge in [-0.3, -0.25) is 0 Å². The zero-order valence-corrected chi connectivity index (χ0v) is 12.8. The zero-order chi connectivity index (χ0) is 16.0. The second kappa shape index (κ2) is 7.31. The van der Waals surface area contributed by atoms with Crippen LogP contribution in [0.5, 0.6) is 0 Å². The Balaban J connectivity index is 2.45. The van der Waals surface area contributed by atoms with Gasteiger partial charge in [0.15, 0.2) is 0 Å². The van der Waals surface area contributed by atoms with Crippen molar-refractivity contribution >= 4 is 12.2 Å². The summed E-state index contributed by atoms with van der Waals surface area (Å²) < 4.78 is 10.0. The summed E-state index contributed by atoms with van der Waals surface area (Å²) in [6.07, 6.45) is -0.0356. The van der Waals surface area contributed by atoms with Crippen molar-refractivity contribution < 1.29 is 24.2 Å². The van der Waals surface area contributed by atoms with E-state index in [0.717, 1.165) is 0 Å². The number of likely N-dealkylation sites (tertiary alicyclic amines) is 1. The Morgan fingerprint density at radius 1 is 1.48 bits per heavy atom. The third-order valence-electron chi connectivity index (χ3n) is 2.87. The minimum Gasteiger partial charge on any atom is -0.445 e. The summed E-state index contributed by atoms with van der Waals surface area (Å²) in [5.74, 6) is 0. The molecule has 1 aliphatic heterocycles. The lowest BCUT2D eigenvalue weighted by Crippen LogP contribution is -2.56. The first kappa shape index (κ1) is 17.3. The highest BCUT2D eigenvalue weighted by Gasteiger charge is 2.33. The van der Waals surface area contributed by atoms with Crippen LogP contribution in [-0.4, -0.2) is 59.6 Å². The molecule has 21 heavy (non-hydrogen) atoms. The molecule has 0 aromatic rings. The molecule has 1 fully saturated rings. The van der Waals surface area contributed by atoms with Gasteiger partial charge in [-0.25, -0.2) is 9.59 Å². The second-order valence-electron chi connectivity index (χ2n) is 5.92. The number of piperidine rings is 1. The smallest absolute Gasteiger partial charge is 0.410 e. The molecule has 0 aromatic heterocycles. The highest BCUT2D eigenvalue weighted by atomic mass is 16.6. The van der Waals surface area contributed by atoms with Crippen molar-refractivity contribution in [1.82, 2.24) is 10.2 Å². The molecule has 2 N–H and O–H groups in total. The first-order chi connectivity index (χ1) is 9.73. The molecule has 0 aromatic carbocycles. The van der Waals surface area contributed by atoms with Crippen LogP contribution in [-0.2, 0) is 9.47 Å². The average molecular weight is 300 g/mol. The van der Waals surface area contributed by atoms with E-state index in [1.807, 2.05) is 0 Å². The predicted molar refractivity (Wildman–Crippen MR) is 76.9 cm³/mol. The Hall–Kier alpha value is -1.76. The summed E-state index contributed by atoms with van der Waals surface area (Å²) in [5.41, 5.74) is -0.578. The van der Waals surface area contributed by atoms with Gasteiger partial charge in [-0.05, 0) is 27.2 Å². The lowest BCUT2D eigenvalue weighted by Gasteiger charge is -2.36. The van der Waals surface area contributed by atoms with Crippen molar-refractivity contribution in [2.24, 2.45) is 0 Å². The monoisotopic (exact) mass is 300 g/mol. The molecule has 1 heterocycles. The third-order valence-corrected chi connectivity index (χ3v) is 2.87. The Bertz CT molecular complexity index is 391. The fourth-order valence-corrected chi connectivity index (χ4v) is 1.92. The molecule has 0 bridgehead atoms. The number of rotatable bonds is 3. The van der Waals surface area contributed by atoms with Gasteiger partial charge < -0.3 is 24.8 Å². The Morgan fingerprint density at radius 3 is 2.67 bits per heavy atom. The van der Waals surface area contributed by atoms with Crippen LogP contribution in [0.1, 0.15) is 27.2 Å². The molecule has 1 aliphatic rings. The number of nitrogens with zero attached hydrogens (tertiary/aromatic N) is 1. The molecule has 120 valence electrons. The van der Waals surface area contributed by atoms with Crippen LogP contribution in [0.15, 0.2) is 12.7 Å². The van der Waals surface area contributed by atoms with Gasteiger partial charge in [-0.15, -0.1) is 0 Å². The quantitative estimate of drug-likeness (QED) is 0.766. The van der Waals surface area contributed by atoms with E-state index < -0.39 is 29.9 Å². The van der Waals surface area contributed by atoms with Crippen LogP contribution >= 0.6 is 0 Å². The van der Waals surface area contributed by atoms with Crippen molar-refractivity contribution in [2.45, 2.75) is 44.9 Å². The minimum atomic E-state index is -0.859. The molecule has 1 saturated heterocycles. The number of aliphatic hydroxyl groups excluding tert-OH is 1. The fourth-order valence-electron chi connectivity index (χ4n) is 1.92. The van der Waals surface area contributed by atoms with E-state index in [1.54, 1.807) is 20.8 Å². The molecule has 0 radical (unpaired) electrons. The summed E-state index contributed by atoms with van der Waals surface area (Å²) in [7, 11) is 0. The lowest BCUT2D eigenvalue weighted by atomic mass is 10.0. The van der Waals surface area contributed by atoms with E-state index in [2.05, 4.69) is 11.9 Å². The van der Waals surface area contributed by atoms with Gasteiger partial charge in [0.2, 0.25) is 0 Å². The largest absolute Gasteiger partial charge is 0.445 e. The van der Waals surface area contributed by atoms with E-state index in [1.165, 1.54) is 11.0 Å². The number of nitrogens with one attached hydrogen (secondary N) is 1. The lowest BCUT2D eigenvalue weighted by molar-refractivity contribution is -0.00447. The van der Waals surface area contributed by atoms with Gasteiger partial charge in [0.1, 0.15) is 12.2 Å². The maximum Gasteiger partial charge on any atom is 0.410 e. The van der Waals surface area contributed by atoms with Crippen molar-refractivity contribution in [3.8, 4) is 0 Å². The molecule has 0 aliphatic carbocycles. The number of hydrogen-bond donors (Lipinski definition) is 2. The van der Waals surface area contributed by atoms with Gasteiger partial charge >= 0.3 is 12.2 Å². The van der Waals surface area contributed by atoms with E-state index >= 15 is 0 Å². The number of carbonyl (C=O) groups is 2. The summed E-state index contributed by atoms with van der Waals surface area (Å²) in [6, 6.07) is -0.444. The predicted octanol–water partition coefficient (Wildman–Crippen LogP) is 1.27. The first-order valence-corrected chi connectivity index (χ1v) is 6.93. The molecule has 1 rings (SSSR count). The third kappa shape index (κ3) is 6.03.